The molecule has 108 valence electrons. The van der Waals surface area contributed by atoms with Crippen molar-refractivity contribution in [3.8, 4) is 0 Å². The average Bonchev–Trinajstić information content (AvgIpc) is 2.39. The van der Waals surface area contributed by atoms with Crippen molar-refractivity contribution in [1.29, 1.82) is 0 Å². The minimum absolute atomic E-state index is 0.222. The minimum atomic E-state index is -0.799. The number of aliphatic carboxylic acids is 1. The van der Waals surface area contributed by atoms with Gasteiger partial charge in [0.2, 0.25) is 0 Å². The van der Waals surface area contributed by atoms with Crippen molar-refractivity contribution in [2.45, 2.75) is 19.8 Å². The molecule has 0 radical (unpaired) electrons. The maximum absolute atomic E-state index is 12.1. The number of urea groups is 1. The monoisotopic (exact) mass is 296 g/mol. The lowest BCUT2D eigenvalue weighted by atomic mass is 9.80. The van der Waals surface area contributed by atoms with Crippen LogP contribution in [0.5, 0.6) is 0 Å². The van der Waals surface area contributed by atoms with E-state index in [0.29, 0.717) is 36.6 Å². The van der Waals surface area contributed by atoms with Crippen LogP contribution in [0.15, 0.2) is 24.3 Å². The molecule has 2 rings (SSSR count). The Bertz CT molecular complexity index is 525. The molecule has 2 N–H and O–H groups in total. The SMILES string of the molecule is CC1(C(=O)O)CCN(C(=O)Nc2cccc(Cl)c2)CC1. The van der Waals surface area contributed by atoms with Crippen molar-refractivity contribution in [2.75, 3.05) is 18.4 Å². The van der Waals surface area contributed by atoms with Crippen LogP contribution in [0.4, 0.5) is 10.5 Å². The highest BCUT2D eigenvalue weighted by Crippen LogP contribution is 2.31. The first kappa shape index (κ1) is 14.7. The van der Waals surface area contributed by atoms with Gasteiger partial charge in [-0.1, -0.05) is 17.7 Å². The Morgan fingerprint density at radius 2 is 2.00 bits per heavy atom. The lowest BCUT2D eigenvalue weighted by Gasteiger charge is -2.36. The molecule has 1 saturated heterocycles. The molecule has 1 aliphatic heterocycles. The van der Waals surface area contributed by atoms with Gasteiger partial charge < -0.3 is 15.3 Å². The number of carboxylic acid groups (broad SMARTS) is 1. The molecular formula is C14H17ClN2O3. The van der Waals surface area contributed by atoms with Crippen LogP contribution in [0.1, 0.15) is 19.8 Å². The third-order valence-electron chi connectivity index (χ3n) is 3.75. The number of likely N-dealkylation sites (tertiary alicyclic amines) is 1. The third kappa shape index (κ3) is 3.22. The second-order valence-corrected chi connectivity index (χ2v) is 5.73. The van der Waals surface area contributed by atoms with E-state index in [4.69, 9.17) is 16.7 Å². The molecule has 1 aromatic carbocycles. The highest BCUT2D eigenvalue weighted by atomic mass is 35.5. The molecular weight excluding hydrogens is 280 g/mol. The predicted octanol–water partition coefficient (Wildman–Crippen LogP) is 3.06. The fourth-order valence-corrected chi connectivity index (χ4v) is 2.38. The number of halogens is 1. The van der Waals surface area contributed by atoms with Gasteiger partial charge in [-0.05, 0) is 38.0 Å². The summed E-state index contributed by atoms with van der Waals surface area (Å²) in [5, 5.41) is 12.5. The van der Waals surface area contributed by atoms with Crippen molar-refractivity contribution < 1.29 is 14.7 Å². The summed E-state index contributed by atoms with van der Waals surface area (Å²) in [5.41, 5.74) is -0.0959. The molecule has 0 bridgehead atoms. The van der Waals surface area contributed by atoms with Crippen molar-refractivity contribution in [3.05, 3.63) is 29.3 Å². The summed E-state index contributed by atoms with van der Waals surface area (Å²) < 4.78 is 0. The molecule has 0 saturated carbocycles. The van der Waals surface area contributed by atoms with Crippen LogP contribution >= 0.6 is 11.6 Å². The van der Waals surface area contributed by atoms with Gasteiger partial charge in [-0.3, -0.25) is 4.79 Å². The first-order chi connectivity index (χ1) is 9.40. The number of nitrogens with one attached hydrogen (secondary N) is 1. The molecule has 1 aromatic rings. The van der Waals surface area contributed by atoms with Crippen molar-refractivity contribution in [3.63, 3.8) is 0 Å². The normalized spacial score (nSPS) is 17.6. The van der Waals surface area contributed by atoms with E-state index in [9.17, 15) is 9.59 Å². The number of nitrogens with zero attached hydrogens (tertiary/aromatic N) is 1. The van der Waals surface area contributed by atoms with Gasteiger partial charge in [0.05, 0.1) is 5.41 Å². The third-order valence-corrected chi connectivity index (χ3v) is 3.98. The zero-order valence-corrected chi connectivity index (χ0v) is 12.0. The average molecular weight is 297 g/mol. The Morgan fingerprint density at radius 3 is 2.55 bits per heavy atom. The molecule has 1 fully saturated rings. The van der Waals surface area contributed by atoms with Gasteiger partial charge in [0, 0.05) is 23.8 Å². The first-order valence-electron chi connectivity index (χ1n) is 6.46. The number of piperidine rings is 1. The van der Waals surface area contributed by atoms with E-state index in [0.717, 1.165) is 0 Å². The quantitative estimate of drug-likeness (QED) is 0.881. The molecule has 1 aliphatic rings. The van der Waals surface area contributed by atoms with Crippen LogP contribution < -0.4 is 5.32 Å². The molecule has 6 heteroatoms. The Kier molecular flexibility index (Phi) is 4.18. The van der Waals surface area contributed by atoms with Gasteiger partial charge in [-0.15, -0.1) is 0 Å². The molecule has 0 spiro atoms. The Labute approximate surface area is 122 Å². The largest absolute Gasteiger partial charge is 0.481 e. The minimum Gasteiger partial charge on any atom is -0.481 e. The number of anilines is 1. The van der Waals surface area contributed by atoms with Crippen molar-refractivity contribution in [2.24, 2.45) is 5.41 Å². The van der Waals surface area contributed by atoms with Gasteiger partial charge in [0.25, 0.3) is 0 Å². The standard InChI is InChI=1S/C14H17ClN2O3/c1-14(12(18)19)5-7-17(8-6-14)13(20)16-11-4-2-3-10(15)9-11/h2-4,9H,5-8H2,1H3,(H,16,20)(H,18,19). The first-order valence-corrected chi connectivity index (χ1v) is 6.83. The van der Waals surface area contributed by atoms with Crippen LogP contribution in [0, 0.1) is 5.41 Å². The van der Waals surface area contributed by atoms with Crippen LogP contribution in [0.2, 0.25) is 5.02 Å². The fraction of sp³-hybridized carbons (Fsp3) is 0.429. The molecule has 5 nitrogen and oxygen atoms in total. The van der Waals surface area contributed by atoms with Gasteiger partial charge >= 0.3 is 12.0 Å². The summed E-state index contributed by atoms with van der Waals surface area (Å²) in [4.78, 5) is 24.9. The molecule has 20 heavy (non-hydrogen) atoms. The van der Waals surface area contributed by atoms with Crippen molar-refractivity contribution in [1.82, 2.24) is 4.90 Å². The van der Waals surface area contributed by atoms with E-state index in [1.54, 1.807) is 36.1 Å². The second kappa shape index (κ2) is 5.71. The fourth-order valence-electron chi connectivity index (χ4n) is 2.19. The Balaban J connectivity index is 1.94. The number of hydrogen-bond acceptors (Lipinski definition) is 2. The van der Waals surface area contributed by atoms with E-state index in [2.05, 4.69) is 5.32 Å². The van der Waals surface area contributed by atoms with Gasteiger partial charge in [0.1, 0.15) is 0 Å². The van der Waals surface area contributed by atoms with Crippen molar-refractivity contribution >= 4 is 29.3 Å². The highest BCUT2D eigenvalue weighted by molar-refractivity contribution is 6.30. The molecule has 0 aliphatic carbocycles. The number of hydrogen-bond donors (Lipinski definition) is 2. The Morgan fingerprint density at radius 1 is 1.35 bits per heavy atom. The number of amides is 2. The Hall–Kier alpha value is -1.75. The number of carboxylic acids is 1. The maximum atomic E-state index is 12.1. The number of carbonyl (C=O) groups is 2. The molecule has 2 amide bonds. The lowest BCUT2D eigenvalue weighted by Crippen LogP contribution is -2.46. The van der Waals surface area contributed by atoms with Crippen LogP contribution in [-0.2, 0) is 4.79 Å². The molecule has 1 heterocycles. The number of carbonyl (C=O) groups excluding carboxylic acids is 1. The summed E-state index contributed by atoms with van der Waals surface area (Å²) in [5.74, 6) is -0.799. The summed E-state index contributed by atoms with van der Waals surface area (Å²) >= 11 is 5.86. The van der Waals surface area contributed by atoms with Gasteiger partial charge in [0.15, 0.2) is 0 Å². The number of rotatable bonds is 2. The summed E-state index contributed by atoms with van der Waals surface area (Å²) in [6, 6.07) is 6.70. The lowest BCUT2D eigenvalue weighted by molar-refractivity contribution is -0.150. The summed E-state index contributed by atoms with van der Waals surface area (Å²) in [7, 11) is 0. The van der Waals surface area contributed by atoms with Crippen LogP contribution in [-0.4, -0.2) is 35.1 Å². The molecule has 0 unspecified atom stereocenters. The van der Waals surface area contributed by atoms with E-state index >= 15 is 0 Å². The van der Waals surface area contributed by atoms with Crippen LogP contribution in [0.25, 0.3) is 0 Å². The van der Waals surface area contributed by atoms with Crippen LogP contribution in [0.3, 0.4) is 0 Å². The second-order valence-electron chi connectivity index (χ2n) is 5.29. The molecule has 0 atom stereocenters. The van der Waals surface area contributed by atoms with E-state index in [-0.39, 0.29) is 6.03 Å². The molecule has 0 aromatic heterocycles. The number of benzene rings is 1. The smallest absolute Gasteiger partial charge is 0.321 e. The van der Waals surface area contributed by atoms with Gasteiger partial charge in [-0.25, -0.2) is 4.79 Å². The zero-order chi connectivity index (χ0) is 14.8. The predicted molar refractivity (Wildman–Crippen MR) is 77.0 cm³/mol. The van der Waals surface area contributed by atoms with E-state index < -0.39 is 11.4 Å². The summed E-state index contributed by atoms with van der Waals surface area (Å²) in [6.07, 6.45) is 0.927. The zero-order valence-electron chi connectivity index (χ0n) is 11.2. The highest BCUT2D eigenvalue weighted by Gasteiger charge is 2.38. The van der Waals surface area contributed by atoms with E-state index in [1.165, 1.54) is 0 Å². The van der Waals surface area contributed by atoms with Gasteiger partial charge in [-0.2, -0.15) is 0 Å². The summed E-state index contributed by atoms with van der Waals surface area (Å²) in [6.45, 7) is 2.60. The van der Waals surface area contributed by atoms with E-state index in [1.807, 2.05) is 0 Å². The topological polar surface area (TPSA) is 69.6 Å². The maximum Gasteiger partial charge on any atom is 0.321 e.